The highest BCUT2D eigenvalue weighted by atomic mass is 32.2. The number of anilines is 1. The number of benzene rings is 2. The molecule has 2 aromatic rings. The van der Waals surface area contributed by atoms with E-state index >= 15 is 0 Å². The van der Waals surface area contributed by atoms with Gasteiger partial charge in [-0.2, -0.15) is 0 Å². The summed E-state index contributed by atoms with van der Waals surface area (Å²) in [6.07, 6.45) is 2.82. The van der Waals surface area contributed by atoms with Crippen molar-refractivity contribution < 1.29 is 18.0 Å². The van der Waals surface area contributed by atoms with Crippen molar-refractivity contribution in [3.8, 4) is 0 Å². The second-order valence-electron chi connectivity index (χ2n) is 9.56. The van der Waals surface area contributed by atoms with Gasteiger partial charge in [0.1, 0.15) is 0 Å². The summed E-state index contributed by atoms with van der Waals surface area (Å²) in [5.74, 6) is -0.314. The van der Waals surface area contributed by atoms with Gasteiger partial charge in [-0.3, -0.25) is 14.3 Å². The molecule has 0 bridgehead atoms. The van der Waals surface area contributed by atoms with Crippen LogP contribution >= 0.6 is 0 Å². The molecule has 1 aliphatic heterocycles. The lowest BCUT2D eigenvalue weighted by Crippen LogP contribution is -2.43. The average molecular weight is 484 g/mol. The van der Waals surface area contributed by atoms with Crippen LogP contribution in [0.5, 0.6) is 0 Å². The van der Waals surface area contributed by atoms with Crippen LogP contribution in [0.2, 0.25) is 0 Å². The highest BCUT2D eigenvalue weighted by molar-refractivity contribution is 7.92. The van der Waals surface area contributed by atoms with Crippen molar-refractivity contribution in [1.29, 1.82) is 0 Å². The zero-order chi connectivity index (χ0) is 24.9. The van der Waals surface area contributed by atoms with Crippen molar-refractivity contribution in [2.75, 3.05) is 24.4 Å². The lowest BCUT2D eigenvalue weighted by molar-refractivity contribution is -0.126. The number of likely N-dealkylation sites (tertiary alicyclic amines) is 1. The van der Waals surface area contributed by atoms with E-state index < -0.39 is 10.0 Å². The van der Waals surface area contributed by atoms with Crippen molar-refractivity contribution in [1.82, 2.24) is 10.2 Å². The Kier molecular flexibility index (Phi) is 7.82. The fourth-order valence-corrected chi connectivity index (χ4v) is 4.96. The molecule has 0 radical (unpaired) electrons. The van der Waals surface area contributed by atoms with Crippen LogP contribution in [0.1, 0.15) is 49.5 Å². The monoisotopic (exact) mass is 483 g/mol. The first-order valence-electron chi connectivity index (χ1n) is 11.4. The maximum absolute atomic E-state index is 13.0. The van der Waals surface area contributed by atoms with Crippen molar-refractivity contribution in [2.24, 2.45) is 5.92 Å². The maximum atomic E-state index is 13.0. The predicted octanol–water partition coefficient (Wildman–Crippen LogP) is 3.94. The Morgan fingerprint density at radius 2 is 1.74 bits per heavy atom. The Balaban J connectivity index is 1.66. The van der Waals surface area contributed by atoms with Gasteiger partial charge >= 0.3 is 0 Å². The van der Waals surface area contributed by atoms with Crippen LogP contribution in [-0.2, 0) is 20.2 Å². The van der Waals surface area contributed by atoms with Gasteiger partial charge in [0, 0.05) is 36.8 Å². The van der Waals surface area contributed by atoms with E-state index in [1.165, 1.54) is 0 Å². The minimum atomic E-state index is -3.79. The van der Waals surface area contributed by atoms with Crippen molar-refractivity contribution in [3.05, 3.63) is 72.3 Å². The van der Waals surface area contributed by atoms with Gasteiger partial charge in [0.05, 0.1) is 4.90 Å². The molecule has 1 fully saturated rings. The van der Waals surface area contributed by atoms with Crippen LogP contribution in [0.4, 0.5) is 5.69 Å². The Labute approximate surface area is 202 Å². The van der Waals surface area contributed by atoms with Gasteiger partial charge in [0.25, 0.3) is 15.9 Å². The topological polar surface area (TPSA) is 95.6 Å². The van der Waals surface area contributed by atoms with Crippen LogP contribution in [0, 0.1) is 5.92 Å². The van der Waals surface area contributed by atoms with E-state index in [1.54, 1.807) is 47.4 Å². The molecule has 2 amide bonds. The molecular formula is C26H33N3O4S. The summed E-state index contributed by atoms with van der Waals surface area (Å²) in [6.45, 7) is 11.2. The van der Waals surface area contributed by atoms with E-state index in [2.05, 4.69) is 37.4 Å². The molecule has 1 saturated heterocycles. The molecule has 34 heavy (non-hydrogen) atoms. The minimum Gasteiger partial charge on any atom is -0.352 e. The summed E-state index contributed by atoms with van der Waals surface area (Å²) in [5, 5.41) is 2.81. The maximum Gasteiger partial charge on any atom is 0.261 e. The molecule has 0 saturated carbocycles. The van der Waals surface area contributed by atoms with E-state index in [9.17, 15) is 18.0 Å². The van der Waals surface area contributed by atoms with Crippen LogP contribution in [0.3, 0.4) is 0 Å². The third-order valence-corrected chi connectivity index (χ3v) is 7.36. The lowest BCUT2D eigenvalue weighted by Gasteiger charge is -2.31. The molecule has 0 atom stereocenters. The number of rotatable bonds is 7. The molecule has 2 aromatic carbocycles. The number of sulfonamides is 1. The fraction of sp³-hybridized carbons (Fsp3) is 0.385. The van der Waals surface area contributed by atoms with Gasteiger partial charge < -0.3 is 10.2 Å². The smallest absolute Gasteiger partial charge is 0.261 e. The zero-order valence-corrected chi connectivity index (χ0v) is 20.8. The quantitative estimate of drug-likeness (QED) is 0.583. The second-order valence-corrected chi connectivity index (χ2v) is 11.2. The van der Waals surface area contributed by atoms with Gasteiger partial charge in [-0.15, -0.1) is 6.58 Å². The summed E-state index contributed by atoms with van der Waals surface area (Å²) >= 11 is 0. The van der Waals surface area contributed by atoms with E-state index in [-0.39, 0.29) is 28.0 Å². The third kappa shape index (κ3) is 6.26. The number of hydrogen-bond acceptors (Lipinski definition) is 4. The van der Waals surface area contributed by atoms with Gasteiger partial charge in [0.2, 0.25) is 5.91 Å². The summed E-state index contributed by atoms with van der Waals surface area (Å²) in [7, 11) is -3.79. The van der Waals surface area contributed by atoms with Crippen LogP contribution in [0.25, 0.3) is 0 Å². The molecule has 8 heteroatoms. The van der Waals surface area contributed by atoms with E-state index in [1.807, 2.05) is 12.1 Å². The van der Waals surface area contributed by atoms with Crippen molar-refractivity contribution in [2.45, 2.75) is 43.9 Å². The molecule has 0 aromatic heterocycles. The first-order valence-corrected chi connectivity index (χ1v) is 12.9. The number of carbonyl (C=O) groups excluding carboxylic acids is 2. The van der Waals surface area contributed by atoms with Gasteiger partial charge in [-0.1, -0.05) is 45.0 Å². The molecule has 182 valence electrons. The third-order valence-electron chi connectivity index (χ3n) is 5.97. The summed E-state index contributed by atoms with van der Waals surface area (Å²) in [4.78, 5) is 27.0. The van der Waals surface area contributed by atoms with Crippen molar-refractivity contribution in [3.63, 3.8) is 0 Å². The molecular weight excluding hydrogens is 450 g/mol. The van der Waals surface area contributed by atoms with Gasteiger partial charge in [-0.25, -0.2) is 8.42 Å². The van der Waals surface area contributed by atoms with E-state index in [4.69, 9.17) is 0 Å². The molecule has 3 rings (SSSR count). The van der Waals surface area contributed by atoms with Crippen LogP contribution in [0.15, 0.2) is 66.1 Å². The van der Waals surface area contributed by atoms with Crippen LogP contribution < -0.4 is 10.0 Å². The number of nitrogens with zero attached hydrogens (tertiary/aromatic N) is 1. The summed E-state index contributed by atoms with van der Waals surface area (Å²) in [5.41, 5.74) is 1.69. The molecule has 1 aliphatic rings. The SMILES string of the molecule is C=CCNC(=O)C1CCN(C(=O)c2cccc(NS(=O)(=O)c3ccc(C(C)(C)C)cc3)c2)CC1. The minimum absolute atomic E-state index is 0.0149. The number of carbonyl (C=O) groups is 2. The number of nitrogens with one attached hydrogen (secondary N) is 2. The number of hydrogen-bond donors (Lipinski definition) is 2. The lowest BCUT2D eigenvalue weighted by atomic mass is 9.87. The summed E-state index contributed by atoms with van der Waals surface area (Å²) in [6, 6.07) is 13.3. The molecule has 1 heterocycles. The second kappa shape index (κ2) is 10.4. The number of amides is 2. The molecule has 0 unspecified atom stereocenters. The molecule has 2 N–H and O–H groups in total. The van der Waals surface area contributed by atoms with E-state index in [0.29, 0.717) is 43.7 Å². The fourth-order valence-electron chi connectivity index (χ4n) is 3.91. The first kappa shape index (κ1) is 25.5. The highest BCUT2D eigenvalue weighted by Gasteiger charge is 2.28. The Bertz CT molecular complexity index is 1140. The van der Waals surface area contributed by atoms with E-state index in [0.717, 1.165) is 5.56 Å². The molecule has 0 aliphatic carbocycles. The van der Waals surface area contributed by atoms with Crippen molar-refractivity contribution >= 4 is 27.5 Å². The molecule has 0 spiro atoms. The Morgan fingerprint density at radius 3 is 2.32 bits per heavy atom. The number of piperidine rings is 1. The van der Waals surface area contributed by atoms with Gasteiger partial charge in [0.15, 0.2) is 0 Å². The predicted molar refractivity (Wildman–Crippen MR) is 134 cm³/mol. The van der Waals surface area contributed by atoms with Gasteiger partial charge in [-0.05, 0) is 54.2 Å². The Morgan fingerprint density at radius 1 is 1.09 bits per heavy atom. The normalized spacial score (nSPS) is 15.0. The summed E-state index contributed by atoms with van der Waals surface area (Å²) < 4.78 is 28.3. The Hall–Kier alpha value is -3.13. The highest BCUT2D eigenvalue weighted by Crippen LogP contribution is 2.25. The molecule has 7 nitrogen and oxygen atoms in total. The van der Waals surface area contributed by atoms with Crippen LogP contribution in [-0.4, -0.2) is 44.8 Å². The average Bonchev–Trinajstić information content (AvgIpc) is 2.81. The largest absolute Gasteiger partial charge is 0.352 e. The zero-order valence-electron chi connectivity index (χ0n) is 20.0. The standard InChI is InChI=1S/C26H33N3O4S/c1-5-15-27-24(30)19-13-16-29(17-14-19)25(31)20-7-6-8-22(18-20)28-34(32,33)23-11-9-21(10-12-23)26(2,3)4/h5-12,18-19,28H,1,13-17H2,2-4H3,(H,27,30). The first-order chi connectivity index (χ1) is 16.0.